The molecule has 0 aliphatic carbocycles. The molecule has 0 saturated heterocycles. The molecule has 2 rings (SSSR count). The van der Waals surface area contributed by atoms with Gasteiger partial charge in [-0.15, -0.1) is 0 Å². The first-order valence-corrected chi connectivity index (χ1v) is 5.27. The molecule has 0 saturated carbocycles. The summed E-state index contributed by atoms with van der Waals surface area (Å²) in [4.78, 5) is 2.34. The summed E-state index contributed by atoms with van der Waals surface area (Å²) in [5, 5.41) is 0. The summed E-state index contributed by atoms with van der Waals surface area (Å²) >= 11 is 0. The quantitative estimate of drug-likeness (QED) is 0.710. The average Bonchev–Trinajstić information content (AvgIpc) is 2.20. The van der Waals surface area contributed by atoms with Crippen LogP contribution in [0.4, 0.5) is 5.69 Å². The number of rotatable bonds is 1. The van der Waals surface area contributed by atoms with E-state index in [2.05, 4.69) is 24.9 Å². The molecule has 1 aromatic rings. The molecule has 1 unspecified atom stereocenters. The van der Waals surface area contributed by atoms with E-state index in [1.165, 1.54) is 11.1 Å². The molecule has 2 N–H and O–H groups in total. The molecule has 0 amide bonds. The standard InChI is InChI=1S/C12H18N2O/c1-8-4-9-6-12(15-3)11(13)5-10(9)7-14(8)2/h5-6,8H,4,7,13H2,1-3H3. The average molecular weight is 206 g/mol. The molecule has 0 radical (unpaired) electrons. The van der Waals surface area contributed by atoms with Crippen molar-refractivity contribution in [2.45, 2.75) is 25.9 Å². The van der Waals surface area contributed by atoms with Gasteiger partial charge in [0.2, 0.25) is 0 Å². The van der Waals surface area contributed by atoms with Gasteiger partial charge >= 0.3 is 0 Å². The fourth-order valence-electron chi connectivity index (χ4n) is 2.10. The number of nitrogens with zero attached hydrogens (tertiary/aromatic N) is 1. The SMILES string of the molecule is COc1cc2c(cc1N)CN(C)C(C)C2. The summed E-state index contributed by atoms with van der Waals surface area (Å²) < 4.78 is 5.23. The van der Waals surface area contributed by atoms with Crippen LogP contribution in [0.1, 0.15) is 18.1 Å². The lowest BCUT2D eigenvalue weighted by Crippen LogP contribution is -2.35. The molecule has 0 fully saturated rings. The number of benzene rings is 1. The van der Waals surface area contributed by atoms with Crippen LogP contribution in [0, 0.1) is 0 Å². The Kier molecular flexibility index (Phi) is 2.57. The summed E-state index contributed by atoms with van der Waals surface area (Å²) in [7, 11) is 3.81. The van der Waals surface area contributed by atoms with Gasteiger partial charge in [0, 0.05) is 12.6 Å². The lowest BCUT2D eigenvalue weighted by molar-refractivity contribution is 0.231. The largest absolute Gasteiger partial charge is 0.495 e. The number of likely N-dealkylation sites (N-methyl/N-ethyl adjacent to an activating group) is 1. The van der Waals surface area contributed by atoms with Crippen LogP contribution >= 0.6 is 0 Å². The van der Waals surface area contributed by atoms with Crippen molar-refractivity contribution in [2.24, 2.45) is 0 Å². The van der Waals surface area contributed by atoms with E-state index in [1.54, 1.807) is 7.11 Å². The van der Waals surface area contributed by atoms with Gasteiger partial charge in [-0.3, -0.25) is 4.90 Å². The highest BCUT2D eigenvalue weighted by Gasteiger charge is 2.20. The maximum absolute atomic E-state index is 5.89. The fraction of sp³-hybridized carbons (Fsp3) is 0.500. The van der Waals surface area contributed by atoms with E-state index in [1.807, 2.05) is 6.07 Å². The Morgan fingerprint density at radius 2 is 2.13 bits per heavy atom. The number of fused-ring (bicyclic) bond motifs is 1. The van der Waals surface area contributed by atoms with Gasteiger partial charge in [0.05, 0.1) is 12.8 Å². The molecular formula is C12H18N2O. The van der Waals surface area contributed by atoms with E-state index < -0.39 is 0 Å². The van der Waals surface area contributed by atoms with Crippen molar-refractivity contribution in [3.05, 3.63) is 23.3 Å². The first kappa shape index (κ1) is 10.3. The Labute approximate surface area is 90.8 Å². The predicted octanol–water partition coefficient (Wildman–Crippen LogP) is 1.65. The van der Waals surface area contributed by atoms with Gasteiger partial charge < -0.3 is 10.5 Å². The zero-order valence-corrected chi connectivity index (χ0v) is 9.58. The molecule has 15 heavy (non-hydrogen) atoms. The van der Waals surface area contributed by atoms with Crippen LogP contribution in [0.15, 0.2) is 12.1 Å². The number of nitrogen functional groups attached to an aromatic ring is 1. The van der Waals surface area contributed by atoms with E-state index in [0.29, 0.717) is 6.04 Å². The van der Waals surface area contributed by atoms with Gasteiger partial charge in [0.25, 0.3) is 0 Å². The van der Waals surface area contributed by atoms with E-state index >= 15 is 0 Å². The van der Waals surface area contributed by atoms with E-state index in [9.17, 15) is 0 Å². The third-order valence-electron chi connectivity index (χ3n) is 3.24. The third-order valence-corrected chi connectivity index (χ3v) is 3.24. The second-order valence-corrected chi connectivity index (χ2v) is 4.33. The highest BCUT2D eigenvalue weighted by atomic mass is 16.5. The second-order valence-electron chi connectivity index (χ2n) is 4.33. The molecule has 1 aliphatic rings. The van der Waals surface area contributed by atoms with Crippen molar-refractivity contribution in [1.82, 2.24) is 4.90 Å². The molecule has 3 nitrogen and oxygen atoms in total. The van der Waals surface area contributed by atoms with Crippen LogP contribution < -0.4 is 10.5 Å². The zero-order valence-electron chi connectivity index (χ0n) is 9.58. The minimum atomic E-state index is 0.589. The predicted molar refractivity (Wildman–Crippen MR) is 62.0 cm³/mol. The van der Waals surface area contributed by atoms with Crippen LogP contribution in [-0.2, 0) is 13.0 Å². The van der Waals surface area contributed by atoms with Crippen molar-refractivity contribution in [2.75, 3.05) is 19.9 Å². The van der Waals surface area contributed by atoms with Gasteiger partial charge in [-0.2, -0.15) is 0 Å². The van der Waals surface area contributed by atoms with E-state index in [0.717, 1.165) is 24.4 Å². The van der Waals surface area contributed by atoms with Crippen molar-refractivity contribution in [3.63, 3.8) is 0 Å². The van der Waals surface area contributed by atoms with Crippen molar-refractivity contribution in [1.29, 1.82) is 0 Å². The third kappa shape index (κ3) is 1.79. The Balaban J connectivity index is 2.41. The lowest BCUT2D eigenvalue weighted by Gasteiger charge is -2.32. The second kappa shape index (κ2) is 3.74. The molecular weight excluding hydrogens is 188 g/mol. The molecule has 3 heteroatoms. The maximum atomic E-state index is 5.89. The van der Waals surface area contributed by atoms with Crippen LogP contribution in [0.25, 0.3) is 0 Å². The first-order chi connectivity index (χ1) is 7.11. The van der Waals surface area contributed by atoms with Gasteiger partial charge in [0.1, 0.15) is 5.75 Å². The summed E-state index contributed by atoms with van der Waals surface area (Å²) in [5.41, 5.74) is 9.32. The van der Waals surface area contributed by atoms with Crippen LogP contribution in [0.5, 0.6) is 5.75 Å². The highest BCUT2D eigenvalue weighted by molar-refractivity contribution is 5.57. The lowest BCUT2D eigenvalue weighted by atomic mass is 9.94. The number of nitrogens with two attached hydrogens (primary N) is 1. The zero-order chi connectivity index (χ0) is 11.0. The Bertz CT molecular complexity index is 376. The maximum Gasteiger partial charge on any atom is 0.142 e. The number of hydrogen-bond donors (Lipinski definition) is 1. The van der Waals surface area contributed by atoms with Crippen LogP contribution in [-0.4, -0.2) is 25.1 Å². The van der Waals surface area contributed by atoms with Crippen LogP contribution in [0.3, 0.4) is 0 Å². The molecule has 1 aromatic carbocycles. The summed E-state index contributed by atoms with van der Waals surface area (Å²) in [6.45, 7) is 3.22. The minimum Gasteiger partial charge on any atom is -0.495 e. The molecule has 0 aromatic heterocycles. The van der Waals surface area contributed by atoms with Gasteiger partial charge in [0.15, 0.2) is 0 Å². The van der Waals surface area contributed by atoms with Gasteiger partial charge in [-0.25, -0.2) is 0 Å². The van der Waals surface area contributed by atoms with Crippen molar-refractivity contribution < 1.29 is 4.74 Å². The van der Waals surface area contributed by atoms with Gasteiger partial charge in [-0.1, -0.05) is 0 Å². The molecule has 1 heterocycles. The Morgan fingerprint density at radius 1 is 1.40 bits per heavy atom. The number of methoxy groups -OCH3 is 1. The van der Waals surface area contributed by atoms with Crippen LogP contribution in [0.2, 0.25) is 0 Å². The molecule has 0 spiro atoms. The summed E-state index contributed by atoms with van der Waals surface area (Å²) in [6, 6.07) is 4.70. The van der Waals surface area contributed by atoms with Crippen molar-refractivity contribution >= 4 is 5.69 Å². The molecule has 1 atom stereocenters. The molecule has 1 aliphatic heterocycles. The monoisotopic (exact) mass is 206 g/mol. The van der Waals surface area contributed by atoms with Crippen molar-refractivity contribution in [3.8, 4) is 5.75 Å². The highest BCUT2D eigenvalue weighted by Crippen LogP contribution is 2.30. The number of ether oxygens (including phenoxy) is 1. The van der Waals surface area contributed by atoms with E-state index in [-0.39, 0.29) is 0 Å². The minimum absolute atomic E-state index is 0.589. The molecule has 82 valence electrons. The molecule has 0 bridgehead atoms. The number of anilines is 1. The smallest absolute Gasteiger partial charge is 0.142 e. The topological polar surface area (TPSA) is 38.5 Å². The Hall–Kier alpha value is -1.22. The normalized spacial score (nSPS) is 21.1. The van der Waals surface area contributed by atoms with E-state index in [4.69, 9.17) is 10.5 Å². The number of hydrogen-bond acceptors (Lipinski definition) is 3. The van der Waals surface area contributed by atoms with Gasteiger partial charge in [-0.05, 0) is 43.7 Å². The summed E-state index contributed by atoms with van der Waals surface area (Å²) in [6.07, 6.45) is 1.07. The Morgan fingerprint density at radius 3 is 2.80 bits per heavy atom. The fourth-order valence-corrected chi connectivity index (χ4v) is 2.10. The summed E-state index contributed by atoms with van der Waals surface area (Å²) in [5.74, 6) is 0.797. The first-order valence-electron chi connectivity index (χ1n) is 5.27.